The molecule has 1 aliphatic heterocycles. The number of para-hydroxylation sites is 1. The van der Waals surface area contributed by atoms with Crippen LogP contribution in [0.3, 0.4) is 0 Å². The fourth-order valence-electron chi connectivity index (χ4n) is 2.34. The molecule has 18 heavy (non-hydrogen) atoms. The first kappa shape index (κ1) is 13.4. The topological polar surface area (TPSA) is 41.5 Å². The summed E-state index contributed by atoms with van der Waals surface area (Å²) >= 11 is 0. The van der Waals surface area contributed by atoms with Crippen LogP contribution in [0.2, 0.25) is 0 Å². The van der Waals surface area contributed by atoms with Crippen LogP contribution in [0.25, 0.3) is 0 Å². The molecule has 1 heterocycles. The summed E-state index contributed by atoms with van der Waals surface area (Å²) in [6, 6.07) is 6.30. The van der Waals surface area contributed by atoms with Crippen molar-refractivity contribution in [2.24, 2.45) is 0 Å². The molecule has 1 unspecified atom stereocenters. The van der Waals surface area contributed by atoms with Crippen LogP contribution in [0.1, 0.15) is 38.3 Å². The van der Waals surface area contributed by atoms with Crippen molar-refractivity contribution in [2.45, 2.75) is 51.9 Å². The molecule has 1 aliphatic rings. The van der Waals surface area contributed by atoms with Gasteiger partial charge >= 0.3 is 0 Å². The van der Waals surface area contributed by atoms with E-state index in [1.807, 2.05) is 6.92 Å². The normalized spacial score (nSPS) is 18.2. The first-order valence-corrected chi connectivity index (χ1v) is 6.70. The van der Waals surface area contributed by atoms with E-state index in [4.69, 9.17) is 4.74 Å². The molecule has 0 radical (unpaired) electrons. The Labute approximate surface area is 109 Å². The molecule has 0 bridgehead atoms. The van der Waals surface area contributed by atoms with E-state index < -0.39 is 0 Å². The minimum Gasteiger partial charge on any atom is -0.487 e. The highest BCUT2D eigenvalue weighted by molar-refractivity contribution is 5.45. The molecule has 0 spiro atoms. The third-order valence-corrected chi connectivity index (χ3v) is 3.34. The van der Waals surface area contributed by atoms with Crippen molar-refractivity contribution in [1.82, 2.24) is 5.32 Å². The second-order valence-electron chi connectivity index (χ2n) is 5.64. The van der Waals surface area contributed by atoms with Gasteiger partial charge in [-0.1, -0.05) is 25.1 Å². The van der Waals surface area contributed by atoms with Crippen LogP contribution >= 0.6 is 0 Å². The number of benzene rings is 1. The van der Waals surface area contributed by atoms with Crippen LogP contribution in [0.15, 0.2) is 18.2 Å². The van der Waals surface area contributed by atoms with Gasteiger partial charge in [-0.25, -0.2) is 0 Å². The highest BCUT2D eigenvalue weighted by Gasteiger charge is 2.31. The SMILES string of the molecule is CCC(O)CNCc1cccc2c1OC(C)(C)C2. The van der Waals surface area contributed by atoms with E-state index in [0.29, 0.717) is 6.54 Å². The molecule has 3 heteroatoms. The summed E-state index contributed by atoms with van der Waals surface area (Å²) < 4.78 is 6.01. The Balaban J connectivity index is 2.01. The first-order chi connectivity index (χ1) is 8.52. The number of hydrogen-bond donors (Lipinski definition) is 2. The molecule has 0 amide bonds. The van der Waals surface area contributed by atoms with Gasteiger partial charge in [0.1, 0.15) is 11.4 Å². The predicted molar refractivity (Wildman–Crippen MR) is 72.9 cm³/mol. The maximum absolute atomic E-state index is 9.52. The van der Waals surface area contributed by atoms with Gasteiger partial charge < -0.3 is 15.2 Å². The Morgan fingerprint density at radius 1 is 1.44 bits per heavy atom. The molecule has 0 aromatic heterocycles. The van der Waals surface area contributed by atoms with Crippen molar-refractivity contribution >= 4 is 0 Å². The smallest absolute Gasteiger partial charge is 0.127 e. The standard InChI is InChI=1S/C15H23NO2/c1-4-13(17)10-16-9-12-7-5-6-11-8-15(2,3)18-14(11)12/h5-7,13,16-17H,4,8-10H2,1-3H3. The van der Waals surface area contributed by atoms with Gasteiger partial charge in [-0.2, -0.15) is 0 Å². The lowest BCUT2D eigenvalue weighted by atomic mass is 10.0. The zero-order chi connectivity index (χ0) is 13.2. The van der Waals surface area contributed by atoms with Gasteiger partial charge in [-0.15, -0.1) is 0 Å². The lowest BCUT2D eigenvalue weighted by Gasteiger charge is -2.18. The molecule has 1 aromatic carbocycles. The fraction of sp³-hybridized carbons (Fsp3) is 0.600. The zero-order valence-electron chi connectivity index (χ0n) is 11.5. The Morgan fingerprint density at radius 3 is 2.94 bits per heavy atom. The number of aliphatic hydroxyl groups is 1. The van der Waals surface area contributed by atoms with E-state index in [2.05, 4.69) is 37.4 Å². The van der Waals surface area contributed by atoms with E-state index >= 15 is 0 Å². The minimum absolute atomic E-state index is 0.0959. The van der Waals surface area contributed by atoms with Crippen molar-refractivity contribution < 1.29 is 9.84 Å². The van der Waals surface area contributed by atoms with Crippen LogP contribution in [-0.4, -0.2) is 23.4 Å². The number of rotatable bonds is 5. The third kappa shape index (κ3) is 3.03. The molecule has 2 N–H and O–H groups in total. The molecule has 100 valence electrons. The van der Waals surface area contributed by atoms with Crippen LogP contribution in [0.4, 0.5) is 0 Å². The van der Waals surface area contributed by atoms with E-state index in [0.717, 1.165) is 25.1 Å². The van der Waals surface area contributed by atoms with E-state index in [1.165, 1.54) is 11.1 Å². The Morgan fingerprint density at radius 2 is 2.22 bits per heavy atom. The molecule has 2 rings (SSSR count). The van der Waals surface area contributed by atoms with Crippen molar-refractivity contribution in [3.05, 3.63) is 29.3 Å². The summed E-state index contributed by atoms with van der Waals surface area (Å²) in [6.07, 6.45) is 1.48. The highest BCUT2D eigenvalue weighted by Crippen LogP contribution is 2.37. The molecule has 3 nitrogen and oxygen atoms in total. The van der Waals surface area contributed by atoms with Gasteiger partial charge in [0, 0.05) is 25.1 Å². The maximum atomic E-state index is 9.52. The van der Waals surface area contributed by atoms with Crippen LogP contribution in [-0.2, 0) is 13.0 Å². The van der Waals surface area contributed by atoms with Gasteiger partial charge in [-0.3, -0.25) is 0 Å². The maximum Gasteiger partial charge on any atom is 0.127 e. The predicted octanol–water partition coefficient (Wildman–Crippen LogP) is 2.26. The third-order valence-electron chi connectivity index (χ3n) is 3.34. The fourth-order valence-corrected chi connectivity index (χ4v) is 2.34. The van der Waals surface area contributed by atoms with Crippen LogP contribution in [0, 0.1) is 0 Å². The highest BCUT2D eigenvalue weighted by atomic mass is 16.5. The van der Waals surface area contributed by atoms with E-state index in [1.54, 1.807) is 0 Å². The Kier molecular flexibility index (Phi) is 3.93. The number of fused-ring (bicyclic) bond motifs is 1. The van der Waals surface area contributed by atoms with Gasteiger partial charge in [-0.05, 0) is 25.8 Å². The Hall–Kier alpha value is -1.06. The van der Waals surface area contributed by atoms with Crippen LogP contribution < -0.4 is 10.1 Å². The van der Waals surface area contributed by atoms with Gasteiger partial charge in [0.15, 0.2) is 0 Å². The summed E-state index contributed by atoms with van der Waals surface area (Å²) in [6.45, 7) is 7.59. The molecule has 1 atom stereocenters. The van der Waals surface area contributed by atoms with Crippen molar-refractivity contribution in [3.63, 3.8) is 0 Å². The quantitative estimate of drug-likeness (QED) is 0.841. The average Bonchev–Trinajstić information content (AvgIpc) is 2.63. The summed E-state index contributed by atoms with van der Waals surface area (Å²) in [5.74, 6) is 1.03. The molecular weight excluding hydrogens is 226 g/mol. The first-order valence-electron chi connectivity index (χ1n) is 6.70. The molecule has 1 aromatic rings. The second kappa shape index (κ2) is 5.29. The molecule has 0 aliphatic carbocycles. The van der Waals surface area contributed by atoms with Crippen molar-refractivity contribution in [2.75, 3.05) is 6.54 Å². The second-order valence-corrected chi connectivity index (χ2v) is 5.64. The molecular formula is C15H23NO2. The molecule has 0 saturated heterocycles. The number of nitrogens with one attached hydrogen (secondary N) is 1. The number of ether oxygens (including phenoxy) is 1. The van der Waals surface area contributed by atoms with Crippen molar-refractivity contribution in [3.8, 4) is 5.75 Å². The summed E-state index contributed by atoms with van der Waals surface area (Å²) in [5.41, 5.74) is 2.37. The Bertz CT molecular complexity index is 415. The van der Waals surface area contributed by atoms with Crippen molar-refractivity contribution in [1.29, 1.82) is 0 Å². The lowest BCUT2D eigenvalue weighted by molar-refractivity contribution is 0.136. The summed E-state index contributed by atoms with van der Waals surface area (Å²) in [4.78, 5) is 0. The largest absolute Gasteiger partial charge is 0.487 e. The molecule has 0 saturated carbocycles. The van der Waals surface area contributed by atoms with E-state index in [-0.39, 0.29) is 11.7 Å². The summed E-state index contributed by atoms with van der Waals surface area (Å²) in [7, 11) is 0. The van der Waals surface area contributed by atoms with Gasteiger partial charge in [0.25, 0.3) is 0 Å². The zero-order valence-corrected chi connectivity index (χ0v) is 11.5. The monoisotopic (exact) mass is 249 g/mol. The molecule has 0 fully saturated rings. The van der Waals surface area contributed by atoms with Gasteiger partial charge in [0.2, 0.25) is 0 Å². The summed E-state index contributed by atoms with van der Waals surface area (Å²) in [5, 5.41) is 12.8. The van der Waals surface area contributed by atoms with Crippen LogP contribution in [0.5, 0.6) is 5.75 Å². The van der Waals surface area contributed by atoms with Gasteiger partial charge in [0.05, 0.1) is 6.10 Å². The average molecular weight is 249 g/mol. The van der Waals surface area contributed by atoms with E-state index in [9.17, 15) is 5.11 Å². The minimum atomic E-state index is -0.265. The number of hydrogen-bond acceptors (Lipinski definition) is 3. The lowest BCUT2D eigenvalue weighted by Crippen LogP contribution is -2.27. The number of aliphatic hydroxyl groups excluding tert-OH is 1.